The monoisotopic (exact) mass is 1720 g/mol. The zero-order valence-electron chi connectivity index (χ0n) is 69.6. The number of aryl methyl sites for hydroxylation is 5. The van der Waals surface area contributed by atoms with Crippen molar-refractivity contribution in [3.05, 3.63) is 375 Å². The lowest BCUT2D eigenvalue weighted by molar-refractivity contribution is -0.132. The second-order valence-corrected chi connectivity index (χ2v) is 27.8. The van der Waals surface area contributed by atoms with Gasteiger partial charge in [-0.2, -0.15) is 0 Å². The fraction of sp³-hybridized carbons (Fsp3) is 0.0714. The lowest BCUT2D eigenvalue weighted by Gasteiger charge is -2.12. The molecule has 30 nitrogen and oxygen atoms in total. The molecule has 0 radical (unpaired) electrons. The third kappa shape index (κ3) is 28.9. The highest BCUT2D eigenvalue weighted by Crippen LogP contribution is 2.32. The number of amides is 9. The standard InChI is InChI=1S/C22H20N2O6.2C22H18N2O4.C16H14N2O4.C16H15NO3/c1-13-11-15(3-5-17(13)23-19(25)7-9-21(27)28)16-4-6-18(14(2)12-16)24-20(26)8-10-22(29)30;1-14-7-2-5-12-19(14)24-20(25)15-8-6-9-16(13-15)23-21(26)17-10-3-4-11-18(17)22(27)28;1-14(25)23-15-10-12-16(13-11-15)24-21(26)19-8-4-2-6-17(19)18-7-3-5-9-20(18)22(27)28;1-10(19)17-11-6-8-12(9-7-11)18-15(20)13-4-2-3-5-14(13)16(21)22;1-10-7-8-12(9-11(10)2)17-15(18)13-5-3-4-6-14(13)16(19)20/h3-12H,1-2H3,(H,23,25)(H,24,26)(H,27,28)(H,29,30);2-13H,1H3,(H,23,26)(H,24,25)(H,27,28);2-13H,1H3,(H,23,25)(H,24,26)(H,27,28);2-9H,1H3,(H,17,19)(H,18,20)(H,21,22);3-9H,1-2H3,(H,17,18)(H,19,20)/b9-7+,10-8+;;;;. The number of carbonyl (C=O) groups excluding carboxylic acids is 9. The molecule has 0 unspecified atom stereocenters. The molecule has 0 spiro atoms. The Morgan fingerprint density at radius 1 is 0.227 bits per heavy atom. The van der Waals surface area contributed by atoms with E-state index >= 15 is 0 Å². The Hall–Kier alpha value is -17.8. The van der Waals surface area contributed by atoms with Gasteiger partial charge in [0.25, 0.3) is 29.5 Å². The van der Waals surface area contributed by atoms with Gasteiger partial charge in [-0.05, 0) is 242 Å². The maximum absolute atomic E-state index is 12.8. The van der Waals surface area contributed by atoms with Crippen molar-refractivity contribution in [3.63, 3.8) is 0 Å². The molecule has 0 fully saturated rings. The van der Waals surface area contributed by atoms with E-state index in [2.05, 4.69) is 47.9 Å². The van der Waals surface area contributed by atoms with Crippen molar-refractivity contribution in [1.82, 2.24) is 0 Å². The van der Waals surface area contributed by atoms with Gasteiger partial charge >= 0.3 is 35.8 Å². The van der Waals surface area contributed by atoms with E-state index in [0.29, 0.717) is 73.4 Å². The highest BCUT2D eigenvalue weighted by atomic mass is 16.4. The van der Waals surface area contributed by atoms with Gasteiger partial charge in [0, 0.05) is 100 Å². The van der Waals surface area contributed by atoms with Crippen molar-refractivity contribution in [2.75, 3.05) is 47.9 Å². The van der Waals surface area contributed by atoms with Crippen LogP contribution in [-0.4, -0.2) is 120 Å². The van der Waals surface area contributed by atoms with Crippen molar-refractivity contribution < 1.29 is 103 Å². The van der Waals surface area contributed by atoms with Crippen molar-refractivity contribution >= 4 is 140 Å². The van der Waals surface area contributed by atoms with Crippen LogP contribution >= 0.6 is 0 Å². The fourth-order valence-corrected chi connectivity index (χ4v) is 12.0. The molecule has 648 valence electrons. The van der Waals surface area contributed by atoms with Crippen molar-refractivity contribution in [2.24, 2.45) is 0 Å². The Balaban J connectivity index is 0.000000199. The van der Waals surface area contributed by atoms with E-state index in [1.807, 2.05) is 95.3 Å². The zero-order chi connectivity index (χ0) is 93.3. The number of carboxylic acids is 6. The SMILES string of the molecule is CC(=O)Nc1ccc(NC(=O)c2ccccc2-c2ccccc2C(=O)O)cc1.CC(=O)Nc1ccc(NC(=O)c2ccccc2C(=O)O)cc1.Cc1cc(-c2ccc(NC(=O)/C=C/C(=O)O)c(C)c2)ccc1NC(=O)/C=C/C(=O)O.Cc1ccc(NC(=O)c2ccccc2C(=O)O)cc1C.Cc1ccccc1NC(=O)c1cccc(NC(=O)c2ccccc2C(=O)O)c1. The Kier molecular flexibility index (Phi) is 34.6. The molecule has 30 heteroatoms. The summed E-state index contributed by atoms with van der Waals surface area (Å²) in [5.74, 6) is -10.5. The summed E-state index contributed by atoms with van der Waals surface area (Å²) in [6.07, 6.45) is 3.41. The summed E-state index contributed by atoms with van der Waals surface area (Å²) < 4.78 is 0. The Bertz CT molecular complexity index is 6230. The third-order valence-corrected chi connectivity index (χ3v) is 18.3. The maximum Gasteiger partial charge on any atom is 0.336 e. The fourth-order valence-electron chi connectivity index (χ4n) is 12.0. The van der Waals surface area contributed by atoms with Crippen LogP contribution in [0.2, 0.25) is 0 Å². The molecule has 0 saturated heterocycles. The summed E-state index contributed by atoms with van der Waals surface area (Å²) in [5, 5.41) is 78.1. The van der Waals surface area contributed by atoms with Crippen LogP contribution in [0.3, 0.4) is 0 Å². The number of aliphatic carboxylic acids is 2. The molecule has 0 aliphatic heterocycles. The average Bonchev–Trinajstić information content (AvgIpc) is 0.804. The molecule has 12 rings (SSSR count). The molecule has 12 aromatic rings. The van der Waals surface area contributed by atoms with E-state index < -0.39 is 65.4 Å². The molecule has 0 saturated carbocycles. The van der Waals surface area contributed by atoms with Crippen LogP contribution in [0, 0.1) is 34.6 Å². The van der Waals surface area contributed by atoms with Crippen molar-refractivity contribution in [3.8, 4) is 22.3 Å². The number of carboxylic acid groups (broad SMARTS) is 6. The highest BCUT2D eigenvalue weighted by Gasteiger charge is 2.22. The van der Waals surface area contributed by atoms with Gasteiger partial charge in [-0.15, -0.1) is 0 Å². The van der Waals surface area contributed by atoms with Crippen LogP contribution in [0.15, 0.2) is 297 Å². The van der Waals surface area contributed by atoms with Crippen LogP contribution < -0.4 is 47.9 Å². The van der Waals surface area contributed by atoms with Crippen LogP contribution in [-0.2, 0) is 28.8 Å². The van der Waals surface area contributed by atoms with Gasteiger partial charge in [0.05, 0.1) is 38.9 Å². The first-order valence-corrected chi connectivity index (χ1v) is 38.6. The van der Waals surface area contributed by atoms with E-state index in [4.69, 9.17) is 20.4 Å². The molecule has 9 amide bonds. The van der Waals surface area contributed by atoms with E-state index in [-0.39, 0.29) is 62.6 Å². The quantitative estimate of drug-likeness (QED) is 0.0250. The summed E-state index contributed by atoms with van der Waals surface area (Å²) in [7, 11) is 0. The van der Waals surface area contributed by atoms with E-state index in [1.165, 1.54) is 62.4 Å². The molecule has 0 atom stereocenters. The first kappa shape index (κ1) is 95.6. The number of para-hydroxylation sites is 1. The molecule has 0 heterocycles. The Morgan fingerprint density at radius 3 is 0.922 bits per heavy atom. The molecule has 0 aromatic heterocycles. The van der Waals surface area contributed by atoms with Crippen LogP contribution in [0.1, 0.15) is 135 Å². The van der Waals surface area contributed by atoms with Crippen molar-refractivity contribution in [1.29, 1.82) is 0 Å². The van der Waals surface area contributed by atoms with Gasteiger partial charge in [-0.3, -0.25) is 43.2 Å². The average molecular weight is 1720 g/mol. The van der Waals surface area contributed by atoms with Gasteiger partial charge in [0.15, 0.2) is 0 Å². The predicted octanol–water partition coefficient (Wildman–Crippen LogP) is 17.4. The van der Waals surface area contributed by atoms with Crippen LogP contribution in [0.25, 0.3) is 22.3 Å². The summed E-state index contributed by atoms with van der Waals surface area (Å²) >= 11 is 0. The predicted molar refractivity (Wildman–Crippen MR) is 486 cm³/mol. The van der Waals surface area contributed by atoms with Gasteiger partial charge < -0.3 is 78.5 Å². The number of benzene rings is 12. The number of nitrogens with one attached hydrogen (secondary N) is 9. The lowest BCUT2D eigenvalue weighted by Crippen LogP contribution is -2.17. The smallest absolute Gasteiger partial charge is 0.336 e. The first-order valence-electron chi connectivity index (χ1n) is 38.6. The minimum atomic E-state index is -1.20. The van der Waals surface area contributed by atoms with Crippen LogP contribution in [0.4, 0.5) is 51.2 Å². The number of hydrogen-bond acceptors (Lipinski definition) is 15. The third-order valence-electron chi connectivity index (χ3n) is 18.3. The van der Waals surface area contributed by atoms with Gasteiger partial charge in [0.1, 0.15) is 0 Å². The minimum Gasteiger partial charge on any atom is -0.478 e. The number of hydrogen-bond donors (Lipinski definition) is 15. The normalized spacial score (nSPS) is 10.3. The molecule has 12 aromatic carbocycles. The number of rotatable bonds is 24. The topological polar surface area (TPSA) is 486 Å². The summed E-state index contributed by atoms with van der Waals surface area (Å²) in [6.45, 7) is 12.3. The Labute approximate surface area is 732 Å². The molecule has 0 bridgehead atoms. The van der Waals surface area contributed by atoms with E-state index in [0.717, 1.165) is 63.2 Å². The largest absolute Gasteiger partial charge is 0.478 e. The van der Waals surface area contributed by atoms with Gasteiger partial charge in [0.2, 0.25) is 23.6 Å². The molecule has 0 aliphatic rings. The first-order chi connectivity index (χ1) is 61.0. The van der Waals surface area contributed by atoms with E-state index in [1.54, 1.807) is 164 Å². The Morgan fingerprint density at radius 2 is 0.547 bits per heavy atom. The van der Waals surface area contributed by atoms with Crippen LogP contribution in [0.5, 0.6) is 0 Å². The molecular weight excluding hydrogens is 1640 g/mol. The van der Waals surface area contributed by atoms with Crippen molar-refractivity contribution in [2.45, 2.75) is 48.5 Å². The molecule has 0 aliphatic carbocycles. The second kappa shape index (κ2) is 46.3. The number of carbonyl (C=O) groups is 15. The van der Waals surface area contributed by atoms with E-state index in [9.17, 15) is 82.1 Å². The number of aromatic carboxylic acids is 4. The lowest BCUT2D eigenvalue weighted by atomic mass is 9.95. The zero-order valence-corrected chi connectivity index (χ0v) is 69.6. The highest BCUT2D eigenvalue weighted by molar-refractivity contribution is 6.15. The minimum absolute atomic E-state index is 0.00571. The van der Waals surface area contributed by atoms with Gasteiger partial charge in [-0.25, -0.2) is 28.8 Å². The molecular formula is C98H85N9O21. The molecule has 15 N–H and O–H groups in total. The maximum atomic E-state index is 12.8. The second-order valence-electron chi connectivity index (χ2n) is 27.8. The summed E-state index contributed by atoms with van der Waals surface area (Å²) in [4.78, 5) is 174. The molecule has 128 heavy (non-hydrogen) atoms. The number of anilines is 9. The summed E-state index contributed by atoms with van der Waals surface area (Å²) in [5.41, 5.74) is 13.6. The summed E-state index contributed by atoms with van der Waals surface area (Å²) in [6, 6.07) is 75.0. The van der Waals surface area contributed by atoms with Gasteiger partial charge in [-0.1, -0.05) is 115 Å².